The molecule has 0 atom stereocenters. The van der Waals surface area contributed by atoms with Crippen LogP contribution in [0.3, 0.4) is 0 Å². The highest BCUT2D eigenvalue weighted by molar-refractivity contribution is 6.21. The Kier molecular flexibility index (Phi) is 33.0. The molecule has 0 saturated carbocycles. The highest BCUT2D eigenvalue weighted by Crippen LogP contribution is 2.50. The van der Waals surface area contributed by atoms with Crippen LogP contribution in [0.1, 0.15) is 333 Å². The monoisotopic (exact) mass is 1700 g/mol. The molecule has 0 heteroatoms. The van der Waals surface area contributed by atoms with E-state index in [1.807, 2.05) is 69.2 Å². The SMILES string of the molecule is CC.CC.CC.CC.CC.CC(C)(C)c1c2ccccc2c(C(C)(C)C)c2ccccc12.CC(C)(C)c1c2ccccc2cc2c(C(C)(C)C)c3ccccc3cc12.CC(C)(C)c1cc2cccc(C(C)(C)C)c2c2ccccc12.CC(C)(C)c1cc2ccccc2c2c(C(C)(C)C)cc3ccccc3c12.CC(C)(C)c1cccc2c(C(C)(C)C)c3ccccc3cc12. The van der Waals surface area contributed by atoms with Gasteiger partial charge in [-0.05, 0) is 275 Å². The fourth-order valence-corrected chi connectivity index (χ4v) is 19.4. The van der Waals surface area contributed by atoms with Crippen molar-refractivity contribution in [2.24, 2.45) is 0 Å². The summed E-state index contributed by atoms with van der Waals surface area (Å²) in [7, 11) is 0. The van der Waals surface area contributed by atoms with Gasteiger partial charge in [0.15, 0.2) is 0 Å². The third-order valence-electron chi connectivity index (χ3n) is 24.2. The second-order valence-electron chi connectivity index (χ2n) is 44.2. The summed E-state index contributed by atoms with van der Waals surface area (Å²) in [6.45, 7) is 89.5. The average Bonchev–Trinajstić information content (AvgIpc) is 0.731. The van der Waals surface area contributed by atoms with Crippen LogP contribution in [0.5, 0.6) is 0 Å². The second kappa shape index (κ2) is 40.9. The summed E-state index contributed by atoms with van der Waals surface area (Å²) in [6.07, 6.45) is 0. The van der Waals surface area contributed by atoms with Crippen LogP contribution in [0.25, 0.3) is 129 Å². The van der Waals surface area contributed by atoms with E-state index in [0.29, 0.717) is 0 Å². The number of hydrogen-bond donors (Lipinski definition) is 0. The lowest BCUT2D eigenvalue weighted by atomic mass is 9.74. The topological polar surface area (TPSA) is 0 Å². The summed E-state index contributed by atoms with van der Waals surface area (Å²) >= 11 is 0. The Morgan fingerprint density at radius 2 is 0.312 bits per heavy atom. The van der Waals surface area contributed by atoms with E-state index in [0.717, 1.165) is 0 Å². The summed E-state index contributed by atoms with van der Waals surface area (Å²) < 4.78 is 0. The van der Waals surface area contributed by atoms with Gasteiger partial charge in [-0.3, -0.25) is 0 Å². The molecule has 128 heavy (non-hydrogen) atoms. The first-order chi connectivity index (χ1) is 60.0. The van der Waals surface area contributed by atoms with Crippen LogP contribution in [0.15, 0.2) is 267 Å². The molecule has 0 aliphatic heterocycles. The maximum absolute atomic E-state index is 2.41. The Morgan fingerprint density at radius 1 is 0.117 bits per heavy atom. The normalized spacial score (nSPS) is 12.2. The Bertz CT molecular complexity index is 6280. The first-order valence-electron chi connectivity index (χ1n) is 48.6. The highest BCUT2D eigenvalue weighted by atomic mass is 14.4. The quantitative estimate of drug-likeness (QED) is 0.105. The van der Waals surface area contributed by atoms with Crippen LogP contribution in [0, 0.1) is 0 Å². The fraction of sp³-hybridized carbons (Fsp3) is 0.391. The predicted octanol–water partition coefficient (Wildman–Crippen LogP) is 40.4. The number of hydrogen-bond acceptors (Lipinski definition) is 0. The average molecular weight is 1700 g/mol. The molecule has 17 aromatic carbocycles. The third kappa shape index (κ3) is 22.3. The molecule has 17 aromatic rings. The molecule has 0 amide bonds. The Balaban J connectivity index is 0.000000193. The van der Waals surface area contributed by atoms with Crippen molar-refractivity contribution in [3.63, 3.8) is 0 Å². The molecule has 0 unspecified atom stereocenters. The minimum Gasteiger partial charge on any atom is -0.0683 e. The van der Waals surface area contributed by atoms with E-state index >= 15 is 0 Å². The lowest BCUT2D eigenvalue weighted by Crippen LogP contribution is -2.17. The van der Waals surface area contributed by atoms with Crippen molar-refractivity contribution in [1.29, 1.82) is 0 Å². The van der Waals surface area contributed by atoms with Crippen molar-refractivity contribution in [2.75, 3.05) is 0 Å². The lowest BCUT2D eigenvalue weighted by molar-refractivity contribution is 0.592. The zero-order chi connectivity index (χ0) is 95.7. The molecule has 0 aromatic heterocycles. The van der Waals surface area contributed by atoms with Gasteiger partial charge in [-0.15, -0.1) is 0 Å². The van der Waals surface area contributed by atoms with Crippen molar-refractivity contribution >= 4 is 129 Å². The van der Waals surface area contributed by atoms with Gasteiger partial charge in [-0.2, -0.15) is 0 Å². The van der Waals surface area contributed by atoms with E-state index in [1.54, 1.807) is 0 Å². The van der Waals surface area contributed by atoms with Crippen LogP contribution in [-0.4, -0.2) is 0 Å². The van der Waals surface area contributed by atoms with Gasteiger partial charge < -0.3 is 0 Å². The maximum Gasteiger partial charge on any atom is -0.00585 e. The largest absolute Gasteiger partial charge is 0.0683 e. The number of rotatable bonds is 0. The Hall–Kier alpha value is -10.1. The van der Waals surface area contributed by atoms with Gasteiger partial charge in [0.05, 0.1) is 0 Å². The van der Waals surface area contributed by atoms with E-state index in [-0.39, 0.29) is 54.1 Å². The zero-order valence-electron chi connectivity index (χ0n) is 87.4. The second-order valence-corrected chi connectivity index (χ2v) is 44.2. The fourth-order valence-electron chi connectivity index (χ4n) is 19.4. The van der Waals surface area contributed by atoms with Crippen molar-refractivity contribution in [2.45, 2.75) is 331 Å². The smallest absolute Gasteiger partial charge is 0.00585 e. The van der Waals surface area contributed by atoms with Gasteiger partial charge in [0.1, 0.15) is 0 Å². The van der Waals surface area contributed by atoms with Gasteiger partial charge in [0.2, 0.25) is 0 Å². The molecule has 0 bridgehead atoms. The predicted molar refractivity (Wildman–Crippen MR) is 586 cm³/mol. The van der Waals surface area contributed by atoms with Gasteiger partial charge in [-0.1, -0.05) is 507 Å². The van der Waals surface area contributed by atoms with Crippen molar-refractivity contribution in [1.82, 2.24) is 0 Å². The molecule has 0 aliphatic rings. The molecule has 0 spiro atoms. The Labute approximate surface area is 777 Å². The standard InChI is InChI=1S/2C26H28.3C22H26.5C2H6/c1-25(2,3)21-15-17-11-7-10-14-20(17)24-22(26(4,5)6)16-18-12-8-9-13-19(18)23(21)24;1-25(2,3)23-19-13-9-7-11-17(19)16-22-21(23)15-18-12-8-10-14-20(18)24(22)26(4,5)6;1-21(2,3)19-15-11-7-9-13-17(15)20(22(4,5)6)18-14-10-8-12-16(18)19;1-21(2,3)18-13-9-10-15-14-19(22(4,5)6)16-11-7-8-12-17(16)20(15)18;1-21(2,3)19-13-9-12-17-18(19)14-15-10-7-8-11-16(15)20(17)22(4,5)6;5*1-2/h2*7-16H,1-6H3;3*7-14H,1-6H3;5*1-2H3. The minimum atomic E-state index is 0.0801. The van der Waals surface area contributed by atoms with Gasteiger partial charge in [0.25, 0.3) is 0 Å². The van der Waals surface area contributed by atoms with Gasteiger partial charge in [0, 0.05) is 0 Å². The molecular weight excluding hydrogens is 1540 g/mol. The van der Waals surface area contributed by atoms with E-state index in [4.69, 9.17) is 0 Å². The Morgan fingerprint density at radius 3 is 0.609 bits per heavy atom. The maximum atomic E-state index is 2.41. The van der Waals surface area contributed by atoms with Crippen LogP contribution in [0.4, 0.5) is 0 Å². The molecule has 0 fully saturated rings. The lowest BCUT2D eigenvalue weighted by Gasteiger charge is -2.30. The molecule has 676 valence electrons. The van der Waals surface area contributed by atoms with Crippen molar-refractivity contribution in [3.8, 4) is 0 Å². The first-order valence-corrected chi connectivity index (χ1v) is 48.6. The molecule has 0 aliphatic carbocycles. The molecule has 17 rings (SSSR count). The van der Waals surface area contributed by atoms with E-state index in [9.17, 15) is 0 Å². The summed E-state index contributed by atoms with van der Waals surface area (Å²) in [5.74, 6) is 0. The van der Waals surface area contributed by atoms with Gasteiger partial charge >= 0.3 is 0 Å². The molecular formula is C128H164. The van der Waals surface area contributed by atoms with E-state index in [1.165, 1.54) is 185 Å². The van der Waals surface area contributed by atoms with Gasteiger partial charge in [-0.25, -0.2) is 0 Å². The van der Waals surface area contributed by atoms with Crippen molar-refractivity contribution in [3.05, 3.63) is 323 Å². The van der Waals surface area contributed by atoms with Crippen LogP contribution in [0.2, 0.25) is 0 Å². The summed E-state index contributed by atoms with van der Waals surface area (Å²) in [6, 6.07) is 98.8. The highest BCUT2D eigenvalue weighted by Gasteiger charge is 2.32. The van der Waals surface area contributed by atoms with E-state index < -0.39 is 0 Å². The third-order valence-corrected chi connectivity index (χ3v) is 24.2. The molecule has 0 radical (unpaired) electrons. The summed E-state index contributed by atoms with van der Waals surface area (Å²) in [5.41, 5.74) is 15.6. The minimum absolute atomic E-state index is 0.0801. The summed E-state index contributed by atoms with van der Waals surface area (Å²) in [5, 5.41) is 33.2. The zero-order valence-corrected chi connectivity index (χ0v) is 87.4. The summed E-state index contributed by atoms with van der Waals surface area (Å²) in [4.78, 5) is 0. The van der Waals surface area contributed by atoms with Crippen LogP contribution < -0.4 is 0 Å². The van der Waals surface area contributed by atoms with E-state index in [2.05, 4.69) is 475 Å². The van der Waals surface area contributed by atoms with Crippen molar-refractivity contribution < 1.29 is 0 Å². The molecule has 0 nitrogen and oxygen atoms in total. The number of benzene rings is 17. The molecule has 0 saturated heterocycles. The number of fused-ring (bicyclic) bond motifs is 15. The molecule has 0 N–H and O–H groups in total. The first kappa shape index (κ1) is 103. The van der Waals surface area contributed by atoms with Crippen LogP contribution >= 0.6 is 0 Å². The molecule has 0 heterocycles. The van der Waals surface area contributed by atoms with Crippen LogP contribution in [-0.2, 0) is 54.1 Å².